The molecule has 0 aromatic carbocycles. The molecule has 0 aromatic heterocycles. The SMILES string of the molecule is CS(=O)(=O)N1C[C@@H]2CCN(C(=O)CC3(O)CCC3)[C@@H]2C1. The smallest absolute Gasteiger partial charge is 0.225 e. The van der Waals surface area contributed by atoms with E-state index in [9.17, 15) is 18.3 Å². The number of carbonyl (C=O) groups is 1. The van der Waals surface area contributed by atoms with E-state index in [0.29, 0.717) is 32.5 Å². The van der Waals surface area contributed by atoms with E-state index in [1.807, 2.05) is 0 Å². The summed E-state index contributed by atoms with van der Waals surface area (Å²) < 4.78 is 24.7. The lowest BCUT2D eigenvalue weighted by atomic mass is 9.77. The maximum Gasteiger partial charge on any atom is 0.225 e. The van der Waals surface area contributed by atoms with Crippen molar-refractivity contribution in [2.75, 3.05) is 25.9 Å². The van der Waals surface area contributed by atoms with E-state index in [0.717, 1.165) is 12.8 Å². The third-order valence-electron chi connectivity index (χ3n) is 5.07. The van der Waals surface area contributed by atoms with Crippen molar-refractivity contribution in [1.82, 2.24) is 9.21 Å². The highest BCUT2D eigenvalue weighted by atomic mass is 32.2. The van der Waals surface area contributed by atoms with Gasteiger partial charge in [-0.15, -0.1) is 0 Å². The molecule has 0 aromatic rings. The predicted molar refractivity (Wildman–Crippen MR) is 73.4 cm³/mol. The van der Waals surface area contributed by atoms with Crippen molar-refractivity contribution in [3.63, 3.8) is 0 Å². The molecule has 2 aliphatic heterocycles. The van der Waals surface area contributed by atoms with Crippen molar-refractivity contribution in [2.45, 2.75) is 43.7 Å². The van der Waals surface area contributed by atoms with Crippen LogP contribution >= 0.6 is 0 Å². The van der Waals surface area contributed by atoms with Crippen molar-refractivity contribution in [2.24, 2.45) is 5.92 Å². The van der Waals surface area contributed by atoms with Crippen molar-refractivity contribution >= 4 is 15.9 Å². The number of nitrogens with zero attached hydrogens (tertiary/aromatic N) is 2. The number of likely N-dealkylation sites (tertiary alicyclic amines) is 1. The summed E-state index contributed by atoms with van der Waals surface area (Å²) in [5.41, 5.74) is -0.801. The van der Waals surface area contributed by atoms with Gasteiger partial charge >= 0.3 is 0 Å². The van der Waals surface area contributed by atoms with Gasteiger partial charge in [0.1, 0.15) is 0 Å². The van der Waals surface area contributed by atoms with Crippen LogP contribution in [-0.4, -0.2) is 66.2 Å². The van der Waals surface area contributed by atoms with Gasteiger partial charge in [0.05, 0.1) is 18.3 Å². The first kappa shape index (κ1) is 14.3. The van der Waals surface area contributed by atoms with E-state index in [2.05, 4.69) is 0 Å². The van der Waals surface area contributed by atoms with Crippen LogP contribution in [0.25, 0.3) is 0 Å². The molecule has 2 saturated heterocycles. The second-order valence-electron chi connectivity index (χ2n) is 6.54. The van der Waals surface area contributed by atoms with E-state index in [-0.39, 0.29) is 24.3 Å². The summed E-state index contributed by atoms with van der Waals surface area (Å²) >= 11 is 0. The van der Waals surface area contributed by atoms with E-state index in [1.165, 1.54) is 10.6 Å². The summed E-state index contributed by atoms with van der Waals surface area (Å²) in [5, 5.41) is 10.1. The number of rotatable bonds is 3. The van der Waals surface area contributed by atoms with Crippen LogP contribution in [-0.2, 0) is 14.8 Å². The fourth-order valence-electron chi connectivity index (χ4n) is 3.65. The minimum Gasteiger partial charge on any atom is -0.389 e. The maximum atomic E-state index is 12.4. The van der Waals surface area contributed by atoms with Crippen molar-refractivity contribution in [3.05, 3.63) is 0 Å². The Kier molecular flexibility index (Phi) is 3.34. The summed E-state index contributed by atoms with van der Waals surface area (Å²) in [4.78, 5) is 14.1. The number of fused-ring (bicyclic) bond motifs is 1. The molecule has 7 heteroatoms. The first-order valence-corrected chi connectivity index (χ1v) is 9.10. The average Bonchev–Trinajstić information content (AvgIpc) is 2.84. The van der Waals surface area contributed by atoms with Gasteiger partial charge < -0.3 is 10.0 Å². The number of carbonyl (C=O) groups excluding carboxylic acids is 1. The normalized spacial score (nSPS) is 33.0. The number of amides is 1. The Hall–Kier alpha value is -0.660. The van der Waals surface area contributed by atoms with Crippen molar-refractivity contribution < 1.29 is 18.3 Å². The van der Waals surface area contributed by atoms with Gasteiger partial charge in [-0.05, 0) is 31.6 Å². The summed E-state index contributed by atoms with van der Waals surface area (Å²) in [7, 11) is -3.18. The minimum absolute atomic E-state index is 0.000835. The standard InChI is InChI=1S/C13H22N2O4S/c1-20(18,19)14-8-10-3-6-15(11(10)9-14)12(16)7-13(17)4-2-5-13/h10-11,17H,2-9H2,1H3/t10-,11+/m0/s1. The largest absolute Gasteiger partial charge is 0.389 e. The first-order valence-electron chi connectivity index (χ1n) is 7.25. The lowest BCUT2D eigenvalue weighted by molar-refractivity contribution is -0.141. The number of hydrogen-bond acceptors (Lipinski definition) is 4. The summed E-state index contributed by atoms with van der Waals surface area (Å²) in [6, 6.07) is 0.000835. The molecule has 114 valence electrons. The molecule has 1 aliphatic carbocycles. The molecule has 0 radical (unpaired) electrons. The van der Waals surface area contributed by atoms with E-state index < -0.39 is 15.6 Å². The Balaban J connectivity index is 1.66. The van der Waals surface area contributed by atoms with Crippen LogP contribution in [0, 0.1) is 5.92 Å². The van der Waals surface area contributed by atoms with Gasteiger partial charge in [-0.25, -0.2) is 8.42 Å². The van der Waals surface area contributed by atoms with Crippen LogP contribution in [0.1, 0.15) is 32.1 Å². The summed E-state index contributed by atoms with van der Waals surface area (Å²) in [5.74, 6) is 0.236. The highest BCUT2D eigenvalue weighted by molar-refractivity contribution is 7.88. The third kappa shape index (κ3) is 2.46. The third-order valence-corrected chi connectivity index (χ3v) is 6.30. The topological polar surface area (TPSA) is 77.9 Å². The Morgan fingerprint density at radius 1 is 1.35 bits per heavy atom. The van der Waals surface area contributed by atoms with Gasteiger partial charge in [0.2, 0.25) is 15.9 Å². The molecule has 20 heavy (non-hydrogen) atoms. The van der Waals surface area contributed by atoms with Crippen LogP contribution in [0.5, 0.6) is 0 Å². The van der Waals surface area contributed by atoms with Gasteiger partial charge in [0.25, 0.3) is 0 Å². The van der Waals surface area contributed by atoms with Crippen LogP contribution in [0.2, 0.25) is 0 Å². The van der Waals surface area contributed by atoms with Gasteiger partial charge in [-0.2, -0.15) is 4.31 Å². The lowest BCUT2D eigenvalue weighted by Gasteiger charge is -2.37. The number of hydrogen-bond donors (Lipinski definition) is 1. The van der Waals surface area contributed by atoms with Crippen LogP contribution in [0.4, 0.5) is 0 Å². The zero-order chi connectivity index (χ0) is 14.5. The molecule has 1 N–H and O–H groups in total. The maximum absolute atomic E-state index is 12.4. The van der Waals surface area contributed by atoms with Gasteiger partial charge in [-0.1, -0.05) is 0 Å². The Morgan fingerprint density at radius 3 is 2.60 bits per heavy atom. The van der Waals surface area contributed by atoms with Gasteiger partial charge in [0, 0.05) is 25.7 Å². The van der Waals surface area contributed by atoms with Crippen LogP contribution in [0.3, 0.4) is 0 Å². The molecule has 6 nitrogen and oxygen atoms in total. The Labute approximate surface area is 119 Å². The average molecular weight is 302 g/mol. The fourth-order valence-corrected chi connectivity index (χ4v) is 4.53. The lowest BCUT2D eigenvalue weighted by Crippen LogP contribution is -2.46. The Morgan fingerprint density at radius 2 is 2.05 bits per heavy atom. The molecular weight excluding hydrogens is 280 g/mol. The molecule has 3 fully saturated rings. The minimum atomic E-state index is -3.18. The second kappa shape index (κ2) is 4.68. The monoisotopic (exact) mass is 302 g/mol. The highest BCUT2D eigenvalue weighted by Gasteiger charge is 2.47. The number of sulfonamides is 1. The molecular formula is C13H22N2O4S. The molecule has 2 atom stereocenters. The zero-order valence-corrected chi connectivity index (χ0v) is 12.6. The summed E-state index contributed by atoms with van der Waals surface area (Å²) in [6.07, 6.45) is 4.66. The van der Waals surface area contributed by atoms with Crippen molar-refractivity contribution in [1.29, 1.82) is 0 Å². The molecule has 0 spiro atoms. The van der Waals surface area contributed by atoms with E-state index in [4.69, 9.17) is 0 Å². The first-order chi connectivity index (χ1) is 9.28. The molecule has 1 amide bonds. The summed E-state index contributed by atoms with van der Waals surface area (Å²) in [6.45, 7) is 1.63. The highest BCUT2D eigenvalue weighted by Crippen LogP contribution is 2.38. The van der Waals surface area contributed by atoms with E-state index in [1.54, 1.807) is 4.90 Å². The molecule has 2 heterocycles. The number of aliphatic hydroxyl groups is 1. The van der Waals surface area contributed by atoms with Crippen molar-refractivity contribution in [3.8, 4) is 0 Å². The predicted octanol–water partition coefficient (Wildman–Crippen LogP) is -0.216. The van der Waals surface area contributed by atoms with Gasteiger partial charge in [-0.3, -0.25) is 4.79 Å². The second-order valence-corrected chi connectivity index (χ2v) is 8.52. The molecule has 0 unspecified atom stereocenters. The molecule has 1 saturated carbocycles. The quantitative estimate of drug-likeness (QED) is 0.782. The molecule has 0 bridgehead atoms. The fraction of sp³-hybridized carbons (Fsp3) is 0.923. The van der Waals surface area contributed by atoms with Crippen LogP contribution < -0.4 is 0 Å². The van der Waals surface area contributed by atoms with E-state index >= 15 is 0 Å². The molecule has 3 rings (SSSR count). The molecule has 3 aliphatic rings. The zero-order valence-electron chi connectivity index (χ0n) is 11.8. The van der Waals surface area contributed by atoms with Gasteiger partial charge in [0.15, 0.2) is 0 Å². The van der Waals surface area contributed by atoms with Crippen LogP contribution in [0.15, 0.2) is 0 Å². The Bertz CT molecular complexity index is 514.